The van der Waals surface area contributed by atoms with Crippen LogP contribution in [0.3, 0.4) is 0 Å². The highest BCUT2D eigenvalue weighted by Gasteiger charge is 2.18. The molecule has 0 bridgehead atoms. The van der Waals surface area contributed by atoms with Gasteiger partial charge in [-0.1, -0.05) is 5.21 Å². The van der Waals surface area contributed by atoms with E-state index in [-0.39, 0.29) is 5.69 Å². The highest BCUT2D eigenvalue weighted by molar-refractivity contribution is 5.95. The van der Waals surface area contributed by atoms with Crippen LogP contribution in [0, 0.1) is 0 Å². The molecule has 1 aromatic heterocycles. The summed E-state index contributed by atoms with van der Waals surface area (Å²) in [5.74, 6) is -1.03. The molecule has 0 aromatic carbocycles. The zero-order valence-electron chi connectivity index (χ0n) is 10.8. The average molecular weight is 266 g/mol. The van der Waals surface area contributed by atoms with Crippen molar-refractivity contribution in [2.24, 2.45) is 5.73 Å². The largest absolute Gasteiger partial charge is 0.368 e. The van der Waals surface area contributed by atoms with Gasteiger partial charge >= 0.3 is 0 Å². The summed E-state index contributed by atoms with van der Waals surface area (Å²) in [5, 5.41) is 13.5. The van der Waals surface area contributed by atoms with Gasteiger partial charge in [0.25, 0.3) is 5.91 Å². The van der Waals surface area contributed by atoms with Crippen LogP contribution in [-0.4, -0.2) is 45.4 Å². The number of nitrogens with two attached hydrogens (primary N) is 1. The van der Waals surface area contributed by atoms with E-state index in [1.165, 1.54) is 6.92 Å². The van der Waals surface area contributed by atoms with Crippen molar-refractivity contribution in [2.45, 2.75) is 38.4 Å². The number of carbonyl (C=O) groups excluding carboxylic acids is 2. The van der Waals surface area contributed by atoms with Crippen LogP contribution in [0.2, 0.25) is 0 Å². The fourth-order valence-electron chi connectivity index (χ4n) is 1.97. The summed E-state index contributed by atoms with van der Waals surface area (Å²) in [6, 6.07) is -0.351. The van der Waals surface area contributed by atoms with Gasteiger partial charge in [-0.2, -0.15) is 0 Å². The molecule has 8 heteroatoms. The minimum Gasteiger partial charge on any atom is -0.368 e. The maximum Gasteiger partial charge on any atom is 0.274 e. The molecule has 2 atom stereocenters. The van der Waals surface area contributed by atoms with E-state index in [1.54, 1.807) is 10.9 Å². The van der Waals surface area contributed by atoms with Crippen molar-refractivity contribution in [3.05, 3.63) is 11.9 Å². The van der Waals surface area contributed by atoms with Crippen LogP contribution in [-0.2, 0) is 11.3 Å². The molecule has 1 fully saturated rings. The van der Waals surface area contributed by atoms with Gasteiger partial charge in [0.2, 0.25) is 5.91 Å². The van der Waals surface area contributed by atoms with E-state index < -0.39 is 17.9 Å². The lowest BCUT2D eigenvalue weighted by molar-refractivity contribution is -0.119. The van der Waals surface area contributed by atoms with E-state index in [4.69, 9.17) is 5.73 Å². The Morgan fingerprint density at radius 1 is 1.68 bits per heavy atom. The second-order valence-electron chi connectivity index (χ2n) is 4.72. The smallest absolute Gasteiger partial charge is 0.274 e. The Balaban J connectivity index is 1.92. The SMILES string of the molecule is C[C@H](NC(=O)c1cn(C[C@@H]2CCCN2)nn1)C(N)=O. The molecule has 0 aliphatic carbocycles. The first-order chi connectivity index (χ1) is 9.06. The molecule has 19 heavy (non-hydrogen) atoms. The van der Waals surface area contributed by atoms with Gasteiger partial charge in [0.1, 0.15) is 6.04 Å². The zero-order chi connectivity index (χ0) is 13.8. The summed E-state index contributed by atoms with van der Waals surface area (Å²) in [6.07, 6.45) is 3.83. The van der Waals surface area contributed by atoms with Gasteiger partial charge in [0, 0.05) is 6.04 Å². The number of rotatable bonds is 5. The quantitative estimate of drug-likeness (QED) is 0.608. The fourth-order valence-corrected chi connectivity index (χ4v) is 1.97. The van der Waals surface area contributed by atoms with Crippen LogP contribution in [0.1, 0.15) is 30.3 Å². The van der Waals surface area contributed by atoms with Gasteiger partial charge in [0.05, 0.1) is 12.7 Å². The van der Waals surface area contributed by atoms with E-state index in [9.17, 15) is 9.59 Å². The molecule has 2 rings (SSSR count). The monoisotopic (exact) mass is 266 g/mol. The summed E-state index contributed by atoms with van der Waals surface area (Å²) in [5.41, 5.74) is 5.26. The highest BCUT2D eigenvalue weighted by atomic mass is 16.2. The molecule has 4 N–H and O–H groups in total. The molecule has 2 heterocycles. The first-order valence-electron chi connectivity index (χ1n) is 6.30. The minimum atomic E-state index is -0.728. The van der Waals surface area contributed by atoms with Crippen molar-refractivity contribution in [1.29, 1.82) is 0 Å². The summed E-state index contributed by atoms with van der Waals surface area (Å²) < 4.78 is 1.63. The van der Waals surface area contributed by atoms with Gasteiger partial charge in [-0.25, -0.2) is 0 Å². The molecular formula is C11H18N6O2. The van der Waals surface area contributed by atoms with Crippen molar-refractivity contribution < 1.29 is 9.59 Å². The van der Waals surface area contributed by atoms with Gasteiger partial charge in [-0.05, 0) is 26.3 Å². The average Bonchev–Trinajstić information content (AvgIpc) is 3.00. The molecule has 1 aliphatic rings. The van der Waals surface area contributed by atoms with Crippen molar-refractivity contribution in [3.63, 3.8) is 0 Å². The lowest BCUT2D eigenvalue weighted by Crippen LogP contribution is -2.42. The molecule has 0 radical (unpaired) electrons. The maximum absolute atomic E-state index is 11.8. The van der Waals surface area contributed by atoms with Crippen LogP contribution < -0.4 is 16.4 Å². The van der Waals surface area contributed by atoms with Crippen LogP contribution in [0.15, 0.2) is 6.20 Å². The summed E-state index contributed by atoms with van der Waals surface area (Å²) in [7, 11) is 0. The number of primary amides is 1. The van der Waals surface area contributed by atoms with Crippen LogP contribution >= 0.6 is 0 Å². The maximum atomic E-state index is 11.8. The molecule has 0 unspecified atom stereocenters. The Bertz CT molecular complexity index is 466. The van der Waals surface area contributed by atoms with Crippen molar-refractivity contribution in [3.8, 4) is 0 Å². The summed E-state index contributed by atoms with van der Waals surface area (Å²) >= 11 is 0. The highest BCUT2D eigenvalue weighted by Crippen LogP contribution is 2.07. The summed E-state index contributed by atoms with van der Waals surface area (Å²) in [6.45, 7) is 3.22. The van der Waals surface area contributed by atoms with Gasteiger partial charge in [0.15, 0.2) is 5.69 Å². The van der Waals surface area contributed by atoms with Crippen LogP contribution in [0.5, 0.6) is 0 Å². The number of hydrogen-bond donors (Lipinski definition) is 3. The molecular weight excluding hydrogens is 248 g/mol. The summed E-state index contributed by atoms with van der Waals surface area (Å²) in [4.78, 5) is 22.6. The molecule has 0 saturated carbocycles. The lowest BCUT2D eigenvalue weighted by atomic mass is 10.2. The fraction of sp³-hybridized carbons (Fsp3) is 0.636. The zero-order valence-corrected chi connectivity index (χ0v) is 10.8. The first kappa shape index (κ1) is 13.5. The molecule has 104 valence electrons. The minimum absolute atomic E-state index is 0.186. The normalized spacial score (nSPS) is 20.2. The number of carbonyl (C=O) groups is 2. The van der Waals surface area contributed by atoms with E-state index in [1.807, 2.05) is 0 Å². The van der Waals surface area contributed by atoms with E-state index in [0.29, 0.717) is 12.6 Å². The number of amides is 2. The van der Waals surface area contributed by atoms with Gasteiger partial charge < -0.3 is 16.4 Å². The molecule has 1 aromatic rings. The lowest BCUT2D eigenvalue weighted by Gasteiger charge is -2.09. The predicted octanol–water partition coefficient (Wildman–Crippen LogP) is -1.37. The third-order valence-corrected chi connectivity index (χ3v) is 3.12. The Morgan fingerprint density at radius 2 is 2.47 bits per heavy atom. The number of hydrogen-bond acceptors (Lipinski definition) is 5. The number of aromatic nitrogens is 3. The molecule has 8 nitrogen and oxygen atoms in total. The van der Waals surface area contributed by atoms with E-state index in [2.05, 4.69) is 20.9 Å². The Labute approximate surface area is 110 Å². The van der Waals surface area contributed by atoms with Crippen LogP contribution in [0.4, 0.5) is 0 Å². The van der Waals surface area contributed by atoms with Gasteiger partial charge in [-0.3, -0.25) is 14.3 Å². The van der Waals surface area contributed by atoms with Crippen molar-refractivity contribution in [1.82, 2.24) is 25.6 Å². The predicted molar refractivity (Wildman–Crippen MR) is 67.2 cm³/mol. The third kappa shape index (κ3) is 3.50. The second kappa shape index (κ2) is 5.79. The van der Waals surface area contributed by atoms with E-state index >= 15 is 0 Å². The first-order valence-corrected chi connectivity index (χ1v) is 6.30. The number of nitrogens with one attached hydrogen (secondary N) is 2. The molecule has 2 amide bonds. The number of nitrogens with zero attached hydrogens (tertiary/aromatic N) is 3. The van der Waals surface area contributed by atoms with Crippen molar-refractivity contribution >= 4 is 11.8 Å². The Hall–Kier alpha value is -1.96. The second-order valence-corrected chi connectivity index (χ2v) is 4.72. The standard InChI is InChI=1S/C11H18N6O2/c1-7(10(12)18)14-11(19)9-6-17(16-15-9)5-8-3-2-4-13-8/h6-8,13H,2-5H2,1H3,(H2,12,18)(H,14,19)/t7-,8-/m0/s1. The molecule has 1 saturated heterocycles. The topological polar surface area (TPSA) is 115 Å². The van der Waals surface area contributed by atoms with E-state index in [0.717, 1.165) is 19.4 Å². The third-order valence-electron chi connectivity index (χ3n) is 3.12. The Morgan fingerprint density at radius 3 is 3.11 bits per heavy atom. The van der Waals surface area contributed by atoms with Gasteiger partial charge in [-0.15, -0.1) is 5.10 Å². The molecule has 1 aliphatic heterocycles. The Kier molecular flexibility index (Phi) is 4.10. The van der Waals surface area contributed by atoms with Crippen molar-refractivity contribution in [2.75, 3.05) is 6.54 Å². The molecule has 0 spiro atoms. The van der Waals surface area contributed by atoms with Crippen LogP contribution in [0.25, 0.3) is 0 Å².